The van der Waals surface area contributed by atoms with E-state index in [0.29, 0.717) is 33.2 Å². The fourth-order valence-electron chi connectivity index (χ4n) is 10.4. The van der Waals surface area contributed by atoms with E-state index in [1.54, 1.807) is 0 Å². The van der Waals surface area contributed by atoms with E-state index < -0.39 is 16.1 Å². The Balaban J connectivity index is 1.35. The summed E-state index contributed by atoms with van der Waals surface area (Å²) in [4.78, 5) is 17.9. The smallest absolute Gasteiger partial charge is 0.146 e. The Morgan fingerprint density at radius 3 is 1.10 bits per heavy atom. The third-order valence-corrected chi connectivity index (χ3v) is 26.8. The molecule has 2 aliphatic rings. The van der Waals surface area contributed by atoms with Crippen molar-refractivity contribution in [3.63, 3.8) is 0 Å². The lowest BCUT2D eigenvalue weighted by Crippen LogP contribution is -2.43. The van der Waals surface area contributed by atoms with Crippen molar-refractivity contribution < 1.29 is 0 Å². The molecule has 5 heterocycles. The highest BCUT2D eigenvalue weighted by Crippen LogP contribution is 2.42. The molecule has 2 aromatic carbocycles. The van der Waals surface area contributed by atoms with E-state index in [-0.39, 0.29) is 0 Å². The molecule has 0 amide bonds. The molecule has 0 saturated carbocycles. The highest BCUT2D eigenvalue weighted by atomic mass is 79.9. The van der Waals surface area contributed by atoms with Crippen LogP contribution in [-0.4, -0.2) is 36.1 Å². The van der Waals surface area contributed by atoms with Crippen LogP contribution >= 0.6 is 15.9 Å². The summed E-state index contributed by atoms with van der Waals surface area (Å²) in [6.07, 6.45) is 8.36. The van der Waals surface area contributed by atoms with Gasteiger partial charge in [-0.2, -0.15) is 0 Å². The molecule has 8 bridgehead atoms. The van der Waals surface area contributed by atoms with Gasteiger partial charge < -0.3 is 9.97 Å². The number of halogens is 1. The lowest BCUT2D eigenvalue weighted by molar-refractivity contribution is 0.838. The molecule has 2 aliphatic heterocycles. The highest BCUT2D eigenvalue weighted by molar-refractivity contribution is 9.10. The first-order valence-electron chi connectivity index (χ1n) is 22.1. The first kappa shape index (κ1) is 44.1. The van der Waals surface area contributed by atoms with Crippen molar-refractivity contribution in [2.24, 2.45) is 0 Å². The number of nitrogens with one attached hydrogen (secondary N) is 2. The van der Waals surface area contributed by atoms with Crippen molar-refractivity contribution in [1.82, 2.24) is 19.9 Å². The molecule has 7 rings (SSSR count). The van der Waals surface area contributed by atoms with Crippen molar-refractivity contribution in [3.8, 4) is 45.2 Å². The number of hydrogen-bond donors (Lipinski definition) is 2. The number of aromatic amines is 2. The van der Waals surface area contributed by atoms with Crippen LogP contribution in [0.5, 0.6) is 0 Å². The minimum absolute atomic E-state index is 0.586. The SMILES string of the molecule is CC(C)[Si](C#Cc1ccc(-c2c3nc(c(Br)c4nc(c(-c5ccc(C#C[Si](C(C)C)(C(C)C)C(C)C)cc5)c5ccc(cc6ccc2[nH]6)[nH]5)C=C4)C=C3)cc1)(C(C)C)C(C)C. The number of fused-ring (bicyclic) bond motifs is 8. The van der Waals surface area contributed by atoms with Crippen LogP contribution in [0.2, 0.25) is 33.2 Å². The zero-order valence-corrected chi connectivity index (χ0v) is 41.6. The van der Waals surface area contributed by atoms with Gasteiger partial charge in [-0.1, -0.05) is 119 Å². The van der Waals surface area contributed by atoms with Gasteiger partial charge in [0.2, 0.25) is 0 Å². The lowest BCUT2D eigenvalue weighted by atomic mass is 10.0. The molecule has 0 radical (unpaired) electrons. The summed E-state index contributed by atoms with van der Waals surface area (Å²) in [5.41, 5.74) is 25.0. The fraction of sp³-hybridized carbons (Fsp3) is 0.333. The monoisotopic (exact) mass is 900 g/mol. The molecule has 7 heteroatoms. The summed E-state index contributed by atoms with van der Waals surface area (Å²) >= 11 is 3.92. The molecule has 0 fully saturated rings. The van der Waals surface area contributed by atoms with E-state index in [9.17, 15) is 0 Å². The zero-order valence-electron chi connectivity index (χ0n) is 38.1. The van der Waals surface area contributed by atoms with Crippen LogP contribution in [0.15, 0.2) is 83.3 Å². The first-order chi connectivity index (χ1) is 29.0. The largest absolute Gasteiger partial charge is 0.355 e. The fourth-order valence-corrected chi connectivity index (χ4v) is 21.3. The van der Waals surface area contributed by atoms with Gasteiger partial charge in [0.25, 0.3) is 0 Å². The highest BCUT2D eigenvalue weighted by Gasteiger charge is 2.42. The predicted molar refractivity (Wildman–Crippen MR) is 273 cm³/mol. The Hall–Kier alpha value is -4.93. The second-order valence-corrected chi connectivity index (χ2v) is 30.7. The van der Waals surface area contributed by atoms with Gasteiger partial charge in [0, 0.05) is 44.3 Å². The number of benzene rings is 2. The molecule has 4 nitrogen and oxygen atoms in total. The molecule has 0 atom stereocenters. The van der Waals surface area contributed by atoms with Crippen molar-refractivity contribution >= 4 is 78.4 Å². The second kappa shape index (κ2) is 17.8. The number of rotatable bonds is 8. The topological polar surface area (TPSA) is 57.4 Å². The van der Waals surface area contributed by atoms with E-state index in [0.717, 1.165) is 82.7 Å². The van der Waals surface area contributed by atoms with Crippen molar-refractivity contribution in [2.45, 2.75) is 116 Å². The molecule has 312 valence electrons. The number of hydrogen-bond acceptors (Lipinski definition) is 2. The lowest BCUT2D eigenvalue weighted by Gasteiger charge is -2.38. The third-order valence-electron chi connectivity index (χ3n) is 13.4. The minimum Gasteiger partial charge on any atom is -0.355 e. The van der Waals surface area contributed by atoms with Gasteiger partial charge >= 0.3 is 0 Å². The second-order valence-electron chi connectivity index (χ2n) is 18.7. The van der Waals surface area contributed by atoms with Gasteiger partial charge in [-0.15, -0.1) is 11.1 Å². The summed E-state index contributed by atoms with van der Waals surface area (Å²) in [5, 5.41) is 0. The Morgan fingerprint density at radius 1 is 0.443 bits per heavy atom. The molecular formula is C54H61BrN4Si2. The number of H-pyrrole nitrogens is 2. The first-order valence-corrected chi connectivity index (χ1v) is 27.4. The maximum atomic E-state index is 5.22. The van der Waals surface area contributed by atoms with E-state index in [1.165, 1.54) is 0 Å². The predicted octanol–water partition coefficient (Wildman–Crippen LogP) is 15.9. The van der Waals surface area contributed by atoms with Gasteiger partial charge in [-0.3, -0.25) is 0 Å². The van der Waals surface area contributed by atoms with Crippen LogP contribution in [0.3, 0.4) is 0 Å². The molecule has 0 saturated heterocycles. The quantitative estimate of drug-likeness (QED) is 0.118. The Bertz CT molecular complexity index is 2560. The molecule has 5 aromatic rings. The Morgan fingerprint density at radius 2 is 0.770 bits per heavy atom. The normalized spacial score (nSPS) is 12.8. The van der Waals surface area contributed by atoms with Gasteiger partial charge in [-0.25, -0.2) is 9.97 Å². The van der Waals surface area contributed by atoms with Crippen LogP contribution < -0.4 is 0 Å². The zero-order chi connectivity index (χ0) is 43.8. The summed E-state index contributed by atoms with van der Waals surface area (Å²) in [5.74, 6) is 7.26. The third kappa shape index (κ3) is 8.50. The summed E-state index contributed by atoms with van der Waals surface area (Å²) in [6.45, 7) is 28.4. The van der Waals surface area contributed by atoms with E-state index >= 15 is 0 Å². The van der Waals surface area contributed by atoms with Crippen LogP contribution in [-0.2, 0) is 0 Å². The number of nitrogens with zero attached hydrogens (tertiary/aromatic N) is 2. The van der Waals surface area contributed by atoms with E-state index in [2.05, 4.69) is 235 Å². The Kier molecular flexibility index (Phi) is 12.9. The van der Waals surface area contributed by atoms with Crippen LogP contribution in [0.4, 0.5) is 0 Å². The van der Waals surface area contributed by atoms with Crippen LogP contribution in [0, 0.1) is 22.9 Å². The molecule has 0 spiro atoms. The molecule has 3 aromatic heterocycles. The maximum Gasteiger partial charge on any atom is 0.146 e. The van der Waals surface area contributed by atoms with Crippen molar-refractivity contribution in [2.75, 3.05) is 0 Å². The van der Waals surface area contributed by atoms with E-state index in [4.69, 9.17) is 9.97 Å². The van der Waals surface area contributed by atoms with Gasteiger partial charge in [-0.05, 0) is 139 Å². The molecule has 0 aliphatic carbocycles. The van der Waals surface area contributed by atoms with Crippen molar-refractivity contribution in [3.05, 3.63) is 117 Å². The number of aromatic nitrogens is 4. The maximum absolute atomic E-state index is 5.22. The molecular weight excluding hydrogens is 841 g/mol. The standard InChI is InChI=1S/C54H61BrN4Si2/c1-34(2)60(35(3)4,36(5)6)31-29-40-13-17-42(18-14-40)52-46-23-21-44(56-46)33-45-22-24-47(57-45)53(49-26-28-51(59-49)54(55)50-27-25-48(52)58-50)43-19-15-41(16-20-43)30-32-61(37(7)8,38(9)10)39(11)12/h13-28,33-39,56-57H,1-12H3. The molecule has 61 heavy (non-hydrogen) atoms. The minimum atomic E-state index is -1.85. The van der Waals surface area contributed by atoms with Gasteiger partial charge in [0.15, 0.2) is 0 Å². The summed E-state index contributed by atoms with van der Waals surface area (Å²) < 4.78 is 0.848. The van der Waals surface area contributed by atoms with Crippen molar-refractivity contribution in [1.29, 1.82) is 0 Å². The molecule has 2 N–H and O–H groups in total. The summed E-state index contributed by atoms with van der Waals surface area (Å²) in [6, 6.07) is 28.2. The van der Waals surface area contributed by atoms with E-state index in [1.807, 2.05) is 0 Å². The van der Waals surface area contributed by atoms with Gasteiger partial charge in [0.05, 0.1) is 27.2 Å². The van der Waals surface area contributed by atoms with Crippen LogP contribution in [0.25, 0.3) is 68.6 Å². The van der Waals surface area contributed by atoms with Crippen LogP contribution in [0.1, 0.15) is 117 Å². The average Bonchev–Trinajstić information content (AvgIpc) is 4.05. The summed E-state index contributed by atoms with van der Waals surface area (Å²) in [7, 11) is -3.70. The van der Waals surface area contributed by atoms with Gasteiger partial charge in [0.1, 0.15) is 16.1 Å². The Labute approximate surface area is 375 Å². The molecule has 0 unspecified atom stereocenters. The average molecular weight is 902 g/mol.